The molecule has 4 nitrogen and oxygen atoms in total. The average Bonchev–Trinajstić information content (AvgIpc) is 2.63. The predicted molar refractivity (Wildman–Crippen MR) is 91.5 cm³/mol. The maximum atomic E-state index is 12.5. The summed E-state index contributed by atoms with van der Waals surface area (Å²) in [5.41, 5.74) is 0.395. The third kappa shape index (κ3) is 6.23. The lowest BCUT2D eigenvalue weighted by atomic mass is 10.1. The lowest BCUT2D eigenvalue weighted by Crippen LogP contribution is -2.34. The second-order valence-corrected chi connectivity index (χ2v) is 5.67. The molecule has 2 rings (SSSR count). The number of alkyl halides is 3. The van der Waals surface area contributed by atoms with Crippen molar-refractivity contribution >= 4 is 11.8 Å². The summed E-state index contributed by atoms with van der Waals surface area (Å²) in [6.45, 7) is 0.441. The first-order chi connectivity index (χ1) is 12.4. The van der Waals surface area contributed by atoms with Crippen molar-refractivity contribution in [2.75, 3.05) is 13.1 Å². The van der Waals surface area contributed by atoms with E-state index >= 15 is 0 Å². The number of benzene rings is 2. The van der Waals surface area contributed by atoms with Gasteiger partial charge in [0.05, 0.1) is 5.56 Å². The van der Waals surface area contributed by atoms with Crippen LogP contribution in [0.5, 0.6) is 0 Å². The number of hydrogen-bond acceptors (Lipinski definition) is 2. The first-order valence-electron chi connectivity index (χ1n) is 8.12. The van der Waals surface area contributed by atoms with E-state index in [0.29, 0.717) is 12.8 Å². The highest BCUT2D eigenvalue weighted by Gasteiger charge is 2.30. The van der Waals surface area contributed by atoms with E-state index in [-0.39, 0.29) is 24.6 Å². The minimum atomic E-state index is -4.43. The van der Waals surface area contributed by atoms with Crippen LogP contribution in [0.4, 0.5) is 13.2 Å². The number of amides is 2. The van der Waals surface area contributed by atoms with E-state index in [1.54, 1.807) is 0 Å². The molecule has 0 aliphatic heterocycles. The Morgan fingerprint density at radius 2 is 1.46 bits per heavy atom. The third-order valence-electron chi connectivity index (χ3n) is 3.69. The minimum absolute atomic E-state index is 0.127. The van der Waals surface area contributed by atoms with E-state index in [4.69, 9.17) is 0 Å². The van der Waals surface area contributed by atoms with Crippen LogP contribution in [-0.2, 0) is 17.4 Å². The van der Waals surface area contributed by atoms with Crippen LogP contribution < -0.4 is 10.6 Å². The predicted octanol–water partition coefficient (Wildman–Crippen LogP) is 3.18. The van der Waals surface area contributed by atoms with Gasteiger partial charge in [0.2, 0.25) is 5.91 Å². The molecule has 0 atom stereocenters. The van der Waals surface area contributed by atoms with Crippen molar-refractivity contribution in [1.82, 2.24) is 10.6 Å². The summed E-state index contributed by atoms with van der Waals surface area (Å²) >= 11 is 0. The summed E-state index contributed by atoms with van der Waals surface area (Å²) in [5.74, 6) is -0.616. The van der Waals surface area contributed by atoms with Gasteiger partial charge in [0, 0.05) is 25.1 Å². The fraction of sp³-hybridized carbons (Fsp3) is 0.263. The number of rotatable bonds is 7. The van der Waals surface area contributed by atoms with Crippen LogP contribution in [0, 0.1) is 0 Å². The van der Waals surface area contributed by atoms with E-state index < -0.39 is 17.6 Å². The first kappa shape index (κ1) is 19.5. The van der Waals surface area contributed by atoms with E-state index in [1.165, 1.54) is 0 Å². The molecule has 0 unspecified atom stereocenters. The van der Waals surface area contributed by atoms with Crippen molar-refractivity contribution in [3.05, 3.63) is 71.3 Å². The molecule has 0 radical (unpaired) electrons. The van der Waals surface area contributed by atoms with Gasteiger partial charge in [-0.2, -0.15) is 13.2 Å². The molecule has 0 aromatic heterocycles. The zero-order valence-electron chi connectivity index (χ0n) is 14.0. The Labute approximate surface area is 149 Å². The van der Waals surface area contributed by atoms with Gasteiger partial charge in [-0.3, -0.25) is 9.59 Å². The van der Waals surface area contributed by atoms with E-state index in [9.17, 15) is 22.8 Å². The Morgan fingerprint density at radius 3 is 2.08 bits per heavy atom. The number of aryl methyl sites for hydroxylation is 1. The maximum absolute atomic E-state index is 12.5. The molecular formula is C19H19F3N2O2. The Morgan fingerprint density at radius 1 is 0.846 bits per heavy atom. The van der Waals surface area contributed by atoms with Crippen LogP contribution in [0.1, 0.15) is 27.9 Å². The highest BCUT2D eigenvalue weighted by atomic mass is 19.4. The second-order valence-electron chi connectivity index (χ2n) is 5.67. The van der Waals surface area contributed by atoms with Gasteiger partial charge in [0.25, 0.3) is 5.91 Å². The molecule has 2 aromatic rings. The zero-order chi connectivity index (χ0) is 19.0. The molecule has 0 heterocycles. The van der Waals surface area contributed by atoms with Crippen LogP contribution in [0.25, 0.3) is 0 Å². The Hall–Kier alpha value is -2.83. The van der Waals surface area contributed by atoms with Crippen LogP contribution in [0.2, 0.25) is 0 Å². The maximum Gasteiger partial charge on any atom is 0.416 e. The number of carbonyl (C=O) groups is 2. The Bertz CT molecular complexity index is 729. The summed E-state index contributed by atoms with van der Waals surface area (Å²) in [5, 5.41) is 5.24. The molecule has 2 N–H and O–H groups in total. The number of halogens is 3. The Kier molecular flexibility index (Phi) is 6.77. The van der Waals surface area contributed by atoms with Crippen molar-refractivity contribution < 1.29 is 22.8 Å². The summed E-state index contributed by atoms with van der Waals surface area (Å²) in [6, 6.07) is 13.6. The lowest BCUT2D eigenvalue weighted by molar-refractivity contribution is -0.137. The standard InChI is InChI=1S/C19H19F3N2O2/c20-19(21,22)16-9-7-15(8-10-16)18(26)24-13-12-23-17(25)11-6-14-4-2-1-3-5-14/h1-5,7-10H,6,11-13H2,(H,23,25)(H,24,26). The quantitative estimate of drug-likeness (QED) is 0.742. The summed E-state index contributed by atoms with van der Waals surface area (Å²) in [6.07, 6.45) is -3.46. The summed E-state index contributed by atoms with van der Waals surface area (Å²) in [7, 11) is 0. The average molecular weight is 364 g/mol. The molecule has 0 saturated carbocycles. The second kappa shape index (κ2) is 9.03. The first-order valence-corrected chi connectivity index (χ1v) is 8.12. The number of carbonyl (C=O) groups excluding carboxylic acids is 2. The SMILES string of the molecule is O=C(CCc1ccccc1)NCCNC(=O)c1ccc(C(F)(F)F)cc1. The molecule has 0 saturated heterocycles. The smallest absolute Gasteiger partial charge is 0.354 e. The van der Waals surface area contributed by atoms with Gasteiger partial charge in [0.15, 0.2) is 0 Å². The van der Waals surface area contributed by atoms with Gasteiger partial charge in [0.1, 0.15) is 0 Å². The molecule has 0 aliphatic carbocycles. The van der Waals surface area contributed by atoms with Crippen molar-refractivity contribution in [2.24, 2.45) is 0 Å². The van der Waals surface area contributed by atoms with Crippen LogP contribution >= 0.6 is 0 Å². The van der Waals surface area contributed by atoms with E-state index in [1.807, 2.05) is 30.3 Å². The topological polar surface area (TPSA) is 58.2 Å². The third-order valence-corrected chi connectivity index (χ3v) is 3.69. The van der Waals surface area contributed by atoms with E-state index in [2.05, 4.69) is 10.6 Å². The largest absolute Gasteiger partial charge is 0.416 e. The monoisotopic (exact) mass is 364 g/mol. The molecule has 26 heavy (non-hydrogen) atoms. The van der Waals surface area contributed by atoms with Crippen molar-refractivity contribution in [3.63, 3.8) is 0 Å². The van der Waals surface area contributed by atoms with Crippen LogP contribution in [0.3, 0.4) is 0 Å². The van der Waals surface area contributed by atoms with Crippen molar-refractivity contribution in [2.45, 2.75) is 19.0 Å². The fourth-order valence-electron chi connectivity index (χ4n) is 2.28. The summed E-state index contributed by atoms with van der Waals surface area (Å²) in [4.78, 5) is 23.6. The van der Waals surface area contributed by atoms with Gasteiger partial charge < -0.3 is 10.6 Å². The number of nitrogens with one attached hydrogen (secondary N) is 2. The molecular weight excluding hydrogens is 345 g/mol. The van der Waals surface area contributed by atoms with E-state index in [0.717, 1.165) is 29.8 Å². The number of hydrogen-bond donors (Lipinski definition) is 2. The minimum Gasteiger partial charge on any atom is -0.354 e. The highest BCUT2D eigenvalue weighted by molar-refractivity contribution is 5.94. The zero-order valence-corrected chi connectivity index (χ0v) is 14.0. The molecule has 138 valence electrons. The highest BCUT2D eigenvalue weighted by Crippen LogP contribution is 2.28. The van der Waals surface area contributed by atoms with Crippen LogP contribution in [0.15, 0.2) is 54.6 Å². The molecule has 0 fully saturated rings. The van der Waals surface area contributed by atoms with Crippen molar-refractivity contribution in [3.8, 4) is 0 Å². The van der Waals surface area contributed by atoms with Crippen molar-refractivity contribution in [1.29, 1.82) is 0 Å². The van der Waals surface area contributed by atoms with Crippen LogP contribution in [-0.4, -0.2) is 24.9 Å². The summed E-state index contributed by atoms with van der Waals surface area (Å²) < 4.78 is 37.4. The molecule has 7 heteroatoms. The molecule has 2 aromatic carbocycles. The fourth-order valence-corrected chi connectivity index (χ4v) is 2.28. The Balaban J connectivity index is 1.67. The van der Waals surface area contributed by atoms with Gasteiger partial charge in [-0.25, -0.2) is 0 Å². The van der Waals surface area contributed by atoms with Gasteiger partial charge in [-0.15, -0.1) is 0 Å². The molecule has 0 aliphatic rings. The molecule has 2 amide bonds. The molecule has 0 spiro atoms. The molecule has 0 bridgehead atoms. The van der Waals surface area contributed by atoms with Gasteiger partial charge >= 0.3 is 6.18 Å². The van der Waals surface area contributed by atoms with Gasteiger partial charge in [-0.05, 0) is 36.2 Å². The van der Waals surface area contributed by atoms with Gasteiger partial charge in [-0.1, -0.05) is 30.3 Å². The normalized spacial score (nSPS) is 11.0. The lowest BCUT2D eigenvalue weighted by Gasteiger charge is -2.09.